The number of nitro groups is 2. The molecular weight excluding hydrogens is 532 g/mol. The molecule has 0 bridgehead atoms. The lowest BCUT2D eigenvalue weighted by Gasteiger charge is -2.07. The molecule has 0 spiro atoms. The summed E-state index contributed by atoms with van der Waals surface area (Å²) >= 11 is 0. The van der Waals surface area contributed by atoms with Crippen molar-refractivity contribution in [2.45, 2.75) is 9.79 Å². The molecule has 0 aromatic heterocycles. The Bertz CT molecular complexity index is 1390. The third-order valence-corrected chi connectivity index (χ3v) is 7.27. The SMILES string of the molecule is O=C(Oc1ccc([N+](=O)[O-])cc1)c1cccc(SSc2cccc(C(=O)Oc3ccc([N+](=O)[O-])cc3)c2)c1. The largest absolute Gasteiger partial charge is 0.423 e. The average molecular weight is 549 g/mol. The van der Waals surface area contributed by atoms with Crippen LogP contribution in [-0.2, 0) is 0 Å². The first-order valence-corrected chi connectivity index (χ1v) is 12.9. The molecule has 0 saturated heterocycles. The van der Waals surface area contributed by atoms with Crippen LogP contribution in [0.4, 0.5) is 11.4 Å². The molecule has 0 radical (unpaired) electrons. The van der Waals surface area contributed by atoms with Crippen LogP contribution in [0.2, 0.25) is 0 Å². The maximum atomic E-state index is 12.5. The number of ether oxygens (including phenoxy) is 2. The molecule has 10 nitrogen and oxygen atoms in total. The number of non-ortho nitro benzene ring substituents is 2. The Morgan fingerprint density at radius 3 is 1.29 bits per heavy atom. The smallest absolute Gasteiger partial charge is 0.343 e. The van der Waals surface area contributed by atoms with Gasteiger partial charge in [0.15, 0.2) is 0 Å². The van der Waals surface area contributed by atoms with Crippen molar-refractivity contribution in [2.75, 3.05) is 0 Å². The zero-order valence-corrected chi connectivity index (χ0v) is 20.8. The number of rotatable bonds is 9. The van der Waals surface area contributed by atoms with Crippen molar-refractivity contribution in [3.63, 3.8) is 0 Å². The summed E-state index contributed by atoms with van der Waals surface area (Å²) < 4.78 is 10.6. The number of carbonyl (C=O) groups excluding carboxylic acids is 2. The van der Waals surface area contributed by atoms with E-state index in [0.717, 1.165) is 9.79 Å². The maximum Gasteiger partial charge on any atom is 0.343 e. The van der Waals surface area contributed by atoms with Gasteiger partial charge in [0, 0.05) is 34.1 Å². The molecule has 0 aliphatic carbocycles. The van der Waals surface area contributed by atoms with Gasteiger partial charge in [-0.1, -0.05) is 33.7 Å². The number of nitrogens with zero attached hydrogens (tertiary/aromatic N) is 2. The molecule has 0 saturated carbocycles. The van der Waals surface area contributed by atoms with E-state index in [1.54, 1.807) is 36.4 Å². The number of benzene rings is 4. The van der Waals surface area contributed by atoms with E-state index in [0.29, 0.717) is 11.1 Å². The van der Waals surface area contributed by atoms with Gasteiger partial charge in [0.1, 0.15) is 11.5 Å². The molecule has 4 rings (SSSR count). The molecule has 0 amide bonds. The highest BCUT2D eigenvalue weighted by atomic mass is 33.1. The predicted molar refractivity (Wildman–Crippen MR) is 141 cm³/mol. The summed E-state index contributed by atoms with van der Waals surface area (Å²) in [5.74, 6) is -0.847. The summed E-state index contributed by atoms with van der Waals surface area (Å²) in [6, 6.07) is 23.9. The minimum absolute atomic E-state index is 0.107. The van der Waals surface area contributed by atoms with E-state index in [2.05, 4.69) is 0 Å². The van der Waals surface area contributed by atoms with Gasteiger partial charge in [0.25, 0.3) is 11.4 Å². The third kappa shape index (κ3) is 6.96. The summed E-state index contributed by atoms with van der Waals surface area (Å²) in [7, 11) is 2.73. The number of esters is 2. The number of hydrogen-bond acceptors (Lipinski definition) is 10. The molecule has 190 valence electrons. The second-order valence-corrected chi connectivity index (χ2v) is 9.78. The molecule has 0 aliphatic heterocycles. The molecule has 0 aliphatic rings. The van der Waals surface area contributed by atoms with Crippen molar-refractivity contribution >= 4 is 44.9 Å². The molecule has 0 N–H and O–H groups in total. The maximum absolute atomic E-state index is 12.5. The highest BCUT2D eigenvalue weighted by molar-refractivity contribution is 8.76. The van der Waals surface area contributed by atoms with E-state index >= 15 is 0 Å². The van der Waals surface area contributed by atoms with Gasteiger partial charge in [0.2, 0.25) is 0 Å². The first kappa shape index (κ1) is 26.4. The van der Waals surface area contributed by atoms with Crippen molar-refractivity contribution in [3.05, 3.63) is 128 Å². The van der Waals surface area contributed by atoms with Crippen LogP contribution in [0.5, 0.6) is 11.5 Å². The number of carbonyl (C=O) groups is 2. The van der Waals surface area contributed by atoms with Crippen LogP contribution in [0, 0.1) is 20.2 Å². The molecule has 38 heavy (non-hydrogen) atoms. The molecule has 0 unspecified atom stereocenters. The van der Waals surface area contributed by atoms with Crippen molar-refractivity contribution in [3.8, 4) is 11.5 Å². The van der Waals surface area contributed by atoms with Crippen LogP contribution in [-0.4, -0.2) is 21.8 Å². The topological polar surface area (TPSA) is 139 Å². The molecule has 0 atom stereocenters. The molecule has 12 heteroatoms. The van der Waals surface area contributed by atoms with E-state index < -0.39 is 21.8 Å². The Kier molecular flexibility index (Phi) is 8.36. The summed E-state index contributed by atoms with van der Waals surface area (Å²) in [6.07, 6.45) is 0. The van der Waals surface area contributed by atoms with Crippen LogP contribution >= 0.6 is 21.6 Å². The van der Waals surface area contributed by atoms with Gasteiger partial charge in [-0.05, 0) is 60.7 Å². The van der Waals surface area contributed by atoms with Crippen molar-refractivity contribution < 1.29 is 28.9 Å². The van der Waals surface area contributed by atoms with Crippen LogP contribution in [0.25, 0.3) is 0 Å². The first-order valence-electron chi connectivity index (χ1n) is 10.8. The Hall–Kier alpha value is -4.68. The zero-order chi connectivity index (χ0) is 27.1. The van der Waals surface area contributed by atoms with Gasteiger partial charge in [-0.15, -0.1) is 0 Å². The lowest BCUT2D eigenvalue weighted by Crippen LogP contribution is -2.08. The second-order valence-electron chi connectivity index (χ2n) is 7.50. The summed E-state index contributed by atoms with van der Waals surface area (Å²) in [5, 5.41) is 21.5. The van der Waals surface area contributed by atoms with E-state index in [1.807, 2.05) is 12.1 Å². The molecule has 4 aromatic carbocycles. The van der Waals surface area contributed by atoms with Gasteiger partial charge in [-0.25, -0.2) is 9.59 Å². The second kappa shape index (κ2) is 12.0. The van der Waals surface area contributed by atoms with Crippen LogP contribution in [0.1, 0.15) is 20.7 Å². The fraction of sp³-hybridized carbons (Fsp3) is 0. The fourth-order valence-corrected chi connectivity index (χ4v) is 5.06. The van der Waals surface area contributed by atoms with Gasteiger partial charge >= 0.3 is 11.9 Å². The summed E-state index contributed by atoms with van der Waals surface area (Å²) in [5.41, 5.74) is 0.386. The third-order valence-electron chi connectivity index (χ3n) is 4.89. The van der Waals surface area contributed by atoms with Crippen molar-refractivity contribution in [1.29, 1.82) is 0 Å². The van der Waals surface area contributed by atoms with Crippen molar-refractivity contribution in [2.24, 2.45) is 0 Å². The van der Waals surface area contributed by atoms with E-state index in [4.69, 9.17) is 9.47 Å². The first-order chi connectivity index (χ1) is 18.3. The monoisotopic (exact) mass is 548 g/mol. The summed E-state index contributed by atoms with van der Waals surface area (Å²) in [4.78, 5) is 47.0. The number of nitro benzene ring substituents is 2. The number of hydrogen-bond donors (Lipinski definition) is 0. The average Bonchev–Trinajstić information content (AvgIpc) is 2.93. The quantitative estimate of drug-likeness (QED) is 0.0726. The van der Waals surface area contributed by atoms with Gasteiger partial charge in [0.05, 0.1) is 21.0 Å². The molecular formula is C26H16N2O8S2. The Morgan fingerprint density at radius 2 is 0.947 bits per heavy atom. The minimum atomic E-state index is -0.609. The Balaban J connectivity index is 1.36. The predicted octanol–water partition coefficient (Wildman–Crippen LogP) is 6.74. The van der Waals surface area contributed by atoms with Gasteiger partial charge in [-0.2, -0.15) is 0 Å². The highest BCUT2D eigenvalue weighted by Crippen LogP contribution is 2.38. The Morgan fingerprint density at radius 1 is 0.579 bits per heavy atom. The van der Waals surface area contributed by atoms with Crippen LogP contribution in [0.3, 0.4) is 0 Å². The van der Waals surface area contributed by atoms with E-state index in [9.17, 15) is 29.8 Å². The molecule has 0 fully saturated rings. The summed E-state index contributed by atoms with van der Waals surface area (Å²) in [6.45, 7) is 0. The minimum Gasteiger partial charge on any atom is -0.423 e. The van der Waals surface area contributed by atoms with E-state index in [-0.39, 0.29) is 22.9 Å². The fourth-order valence-electron chi connectivity index (χ4n) is 3.05. The zero-order valence-electron chi connectivity index (χ0n) is 19.2. The highest BCUT2D eigenvalue weighted by Gasteiger charge is 2.14. The lowest BCUT2D eigenvalue weighted by molar-refractivity contribution is -0.385. The normalized spacial score (nSPS) is 10.4. The molecule has 0 heterocycles. The Labute approximate surface area is 223 Å². The van der Waals surface area contributed by atoms with Gasteiger partial charge in [-0.3, -0.25) is 20.2 Å². The lowest BCUT2D eigenvalue weighted by atomic mass is 10.2. The van der Waals surface area contributed by atoms with Gasteiger partial charge < -0.3 is 9.47 Å². The van der Waals surface area contributed by atoms with Crippen LogP contribution < -0.4 is 9.47 Å². The van der Waals surface area contributed by atoms with Crippen LogP contribution in [0.15, 0.2) is 107 Å². The van der Waals surface area contributed by atoms with E-state index in [1.165, 1.54) is 70.1 Å². The molecule has 4 aromatic rings. The standard InChI is InChI=1S/C26H16N2O8S2/c29-25(35-21-11-7-19(8-12-21)27(31)32)17-3-1-5-23(15-17)37-38-24-6-2-4-18(16-24)26(30)36-22-13-9-20(10-14-22)28(33)34/h1-16H. The van der Waals surface area contributed by atoms with Crippen molar-refractivity contribution in [1.82, 2.24) is 0 Å².